The fourth-order valence-corrected chi connectivity index (χ4v) is 2.62. The van der Waals surface area contributed by atoms with Crippen LogP contribution in [0.1, 0.15) is 44.2 Å². The van der Waals surface area contributed by atoms with Gasteiger partial charge in [-0.25, -0.2) is 4.98 Å². The highest BCUT2D eigenvalue weighted by Gasteiger charge is 2.16. The third kappa shape index (κ3) is 3.08. The molecule has 1 heterocycles. The molecule has 1 aromatic heterocycles. The van der Waals surface area contributed by atoms with Gasteiger partial charge < -0.3 is 4.57 Å². The van der Waals surface area contributed by atoms with Gasteiger partial charge in [0, 0.05) is 18.1 Å². The summed E-state index contributed by atoms with van der Waals surface area (Å²) in [7, 11) is 0. The first kappa shape index (κ1) is 13.3. The van der Waals surface area contributed by atoms with E-state index in [0.717, 1.165) is 5.69 Å². The monoisotopic (exact) mass is 271 g/mol. The normalized spacial score (nSPS) is 17.4. The van der Waals surface area contributed by atoms with E-state index in [-0.39, 0.29) is 6.04 Å². The second kappa shape index (κ2) is 6.20. The molecule has 1 atom stereocenters. The Kier molecular flexibility index (Phi) is 4.14. The van der Waals surface area contributed by atoms with Crippen LogP contribution in [0, 0.1) is 0 Å². The van der Waals surface area contributed by atoms with Gasteiger partial charge in [0.05, 0.1) is 18.5 Å². The Hall–Kier alpha value is -1.65. The number of aromatic nitrogens is 2. The molecule has 1 fully saturated rings. The molecule has 1 aromatic carbocycles. The maximum Gasteiger partial charge on any atom is 0.0991 e. The molecule has 0 aliphatic heterocycles. The first-order valence-corrected chi connectivity index (χ1v) is 7.32. The van der Waals surface area contributed by atoms with Gasteiger partial charge in [0.1, 0.15) is 0 Å². The number of nitrogens with one attached hydrogen (secondary N) is 1. The second-order valence-electron chi connectivity index (χ2n) is 5.43. The van der Waals surface area contributed by atoms with Gasteiger partial charge in [-0.1, -0.05) is 25.0 Å². The van der Waals surface area contributed by atoms with E-state index >= 15 is 0 Å². The lowest BCUT2D eigenvalue weighted by molar-refractivity contribution is -0.0376. The predicted octanol–water partition coefficient (Wildman–Crippen LogP) is 3.40. The molecule has 0 spiro atoms. The second-order valence-corrected chi connectivity index (χ2v) is 5.43. The van der Waals surface area contributed by atoms with E-state index in [2.05, 4.69) is 41.7 Å². The van der Waals surface area contributed by atoms with Gasteiger partial charge in [-0.15, -0.1) is 0 Å². The first-order chi connectivity index (χ1) is 9.83. The Morgan fingerprint density at radius 2 is 2.00 bits per heavy atom. The standard InChI is InChI=1S/C16H21N3O/c1-13(18-20-16-4-2-3-5-16)14-6-8-15(9-7-14)19-11-10-17-12-19/h6-13,16,18H,2-5H2,1H3. The summed E-state index contributed by atoms with van der Waals surface area (Å²) in [5.41, 5.74) is 5.53. The molecule has 20 heavy (non-hydrogen) atoms. The molecule has 4 nitrogen and oxygen atoms in total. The van der Waals surface area contributed by atoms with Crippen molar-refractivity contribution in [2.24, 2.45) is 0 Å². The first-order valence-electron chi connectivity index (χ1n) is 7.32. The number of imidazole rings is 1. The number of benzene rings is 1. The minimum Gasteiger partial charge on any atom is -0.306 e. The van der Waals surface area contributed by atoms with Crippen LogP contribution in [0.5, 0.6) is 0 Å². The fourth-order valence-electron chi connectivity index (χ4n) is 2.62. The summed E-state index contributed by atoms with van der Waals surface area (Å²) in [6.07, 6.45) is 10.9. The summed E-state index contributed by atoms with van der Waals surface area (Å²) in [6, 6.07) is 8.67. The molecule has 4 heteroatoms. The molecule has 1 aliphatic rings. The van der Waals surface area contributed by atoms with Crippen molar-refractivity contribution in [3.05, 3.63) is 48.5 Å². The summed E-state index contributed by atoms with van der Waals surface area (Å²) in [4.78, 5) is 9.82. The molecule has 0 amide bonds. The zero-order valence-corrected chi connectivity index (χ0v) is 11.8. The quantitative estimate of drug-likeness (QED) is 0.847. The lowest BCUT2D eigenvalue weighted by Crippen LogP contribution is -2.24. The zero-order valence-electron chi connectivity index (χ0n) is 11.8. The minimum absolute atomic E-state index is 0.201. The lowest BCUT2D eigenvalue weighted by Gasteiger charge is -2.18. The highest BCUT2D eigenvalue weighted by molar-refractivity contribution is 5.35. The number of hydrogen-bond donors (Lipinski definition) is 1. The van der Waals surface area contributed by atoms with E-state index in [1.54, 1.807) is 12.5 Å². The average molecular weight is 271 g/mol. The van der Waals surface area contributed by atoms with E-state index in [1.165, 1.54) is 31.2 Å². The predicted molar refractivity (Wildman–Crippen MR) is 78.5 cm³/mol. The summed E-state index contributed by atoms with van der Waals surface area (Å²) in [5.74, 6) is 0. The van der Waals surface area contributed by atoms with Crippen molar-refractivity contribution in [2.75, 3.05) is 0 Å². The fraction of sp³-hybridized carbons (Fsp3) is 0.438. The van der Waals surface area contributed by atoms with Crippen molar-refractivity contribution >= 4 is 0 Å². The largest absolute Gasteiger partial charge is 0.306 e. The van der Waals surface area contributed by atoms with Crippen LogP contribution in [0.3, 0.4) is 0 Å². The Balaban J connectivity index is 1.59. The van der Waals surface area contributed by atoms with Crippen LogP contribution in [0.4, 0.5) is 0 Å². The smallest absolute Gasteiger partial charge is 0.0991 e. The number of nitrogens with zero attached hydrogens (tertiary/aromatic N) is 2. The molecule has 2 aromatic rings. The van der Waals surface area contributed by atoms with Crippen LogP contribution >= 0.6 is 0 Å². The minimum atomic E-state index is 0.201. The van der Waals surface area contributed by atoms with Crippen molar-refractivity contribution in [3.63, 3.8) is 0 Å². The van der Waals surface area contributed by atoms with E-state index in [9.17, 15) is 0 Å². The van der Waals surface area contributed by atoms with Gasteiger partial charge in [-0.05, 0) is 37.5 Å². The van der Waals surface area contributed by atoms with Crippen LogP contribution < -0.4 is 5.48 Å². The molecule has 1 aliphatic carbocycles. The topological polar surface area (TPSA) is 39.1 Å². The Bertz CT molecular complexity index is 515. The van der Waals surface area contributed by atoms with Gasteiger partial charge in [-0.3, -0.25) is 4.84 Å². The van der Waals surface area contributed by atoms with Gasteiger partial charge >= 0.3 is 0 Å². The van der Waals surface area contributed by atoms with Crippen molar-refractivity contribution in [2.45, 2.75) is 44.8 Å². The van der Waals surface area contributed by atoms with Gasteiger partial charge in [0.2, 0.25) is 0 Å². The van der Waals surface area contributed by atoms with Crippen LogP contribution in [0.2, 0.25) is 0 Å². The molecule has 1 saturated carbocycles. The molecule has 1 unspecified atom stereocenters. The SMILES string of the molecule is CC(NOC1CCCC1)c1ccc(-n2ccnc2)cc1. The van der Waals surface area contributed by atoms with Crippen molar-refractivity contribution in [3.8, 4) is 5.69 Å². The summed E-state index contributed by atoms with van der Waals surface area (Å²) >= 11 is 0. The van der Waals surface area contributed by atoms with E-state index < -0.39 is 0 Å². The molecular formula is C16H21N3O. The Morgan fingerprint density at radius 1 is 1.25 bits per heavy atom. The van der Waals surface area contributed by atoms with E-state index in [1.807, 2.05) is 10.8 Å². The van der Waals surface area contributed by atoms with Crippen LogP contribution in [0.15, 0.2) is 43.0 Å². The molecule has 0 saturated heterocycles. The molecule has 3 rings (SSSR count). The van der Waals surface area contributed by atoms with Crippen LogP contribution in [-0.2, 0) is 4.84 Å². The average Bonchev–Trinajstić information content (AvgIpc) is 3.18. The Morgan fingerprint density at radius 3 is 2.65 bits per heavy atom. The highest BCUT2D eigenvalue weighted by Crippen LogP contribution is 2.22. The number of rotatable bonds is 5. The molecule has 0 radical (unpaired) electrons. The van der Waals surface area contributed by atoms with Crippen molar-refractivity contribution in [1.29, 1.82) is 0 Å². The van der Waals surface area contributed by atoms with E-state index in [4.69, 9.17) is 4.84 Å². The third-order valence-electron chi connectivity index (χ3n) is 3.91. The summed E-state index contributed by atoms with van der Waals surface area (Å²) in [6.45, 7) is 2.13. The molecule has 1 N–H and O–H groups in total. The molecule has 0 bridgehead atoms. The third-order valence-corrected chi connectivity index (χ3v) is 3.91. The zero-order chi connectivity index (χ0) is 13.8. The molecule has 106 valence electrons. The maximum absolute atomic E-state index is 5.76. The number of hydroxylamine groups is 1. The van der Waals surface area contributed by atoms with Gasteiger partial charge in [0.25, 0.3) is 0 Å². The highest BCUT2D eigenvalue weighted by atomic mass is 16.7. The number of hydrogen-bond acceptors (Lipinski definition) is 3. The van der Waals surface area contributed by atoms with Crippen molar-refractivity contribution in [1.82, 2.24) is 15.0 Å². The van der Waals surface area contributed by atoms with E-state index in [0.29, 0.717) is 6.10 Å². The van der Waals surface area contributed by atoms with Crippen LogP contribution in [-0.4, -0.2) is 15.7 Å². The van der Waals surface area contributed by atoms with Crippen LogP contribution in [0.25, 0.3) is 5.69 Å². The van der Waals surface area contributed by atoms with Gasteiger partial charge in [-0.2, -0.15) is 5.48 Å². The maximum atomic E-state index is 5.76. The van der Waals surface area contributed by atoms with Crippen molar-refractivity contribution < 1.29 is 4.84 Å². The molecular weight excluding hydrogens is 250 g/mol. The lowest BCUT2D eigenvalue weighted by atomic mass is 10.1. The summed E-state index contributed by atoms with van der Waals surface area (Å²) < 4.78 is 2.00. The van der Waals surface area contributed by atoms with Gasteiger partial charge in [0.15, 0.2) is 0 Å². The summed E-state index contributed by atoms with van der Waals surface area (Å²) in [5, 5.41) is 0. The Labute approximate surface area is 119 Å².